The molecule has 1 saturated heterocycles. The number of nitrogens with zero attached hydrogens (tertiary/aromatic N) is 2. The molecule has 2 fully saturated rings. The molecule has 1 atom stereocenters. The summed E-state index contributed by atoms with van der Waals surface area (Å²) in [7, 11) is 0. The van der Waals surface area contributed by atoms with Gasteiger partial charge in [-0.25, -0.2) is 0 Å². The fraction of sp³-hybridized carbons (Fsp3) is 0.636. The first-order valence-electron chi connectivity index (χ1n) is 10.8. The van der Waals surface area contributed by atoms with Crippen molar-refractivity contribution < 1.29 is 9.53 Å². The number of fused-ring (bicyclic) bond motifs is 1. The zero-order chi connectivity index (χ0) is 19.3. The van der Waals surface area contributed by atoms with E-state index in [-0.39, 0.29) is 0 Å². The van der Waals surface area contributed by atoms with Crippen molar-refractivity contribution in [1.82, 2.24) is 15.5 Å². The van der Waals surface area contributed by atoms with Gasteiger partial charge in [-0.2, -0.15) is 0 Å². The Morgan fingerprint density at radius 1 is 1.18 bits per heavy atom. The Kier molecular flexibility index (Phi) is 6.03. The highest BCUT2D eigenvalue weighted by molar-refractivity contribution is 5.81. The number of aliphatic imine (C=N–C) groups is 1. The monoisotopic (exact) mass is 384 g/mol. The van der Waals surface area contributed by atoms with Crippen LogP contribution in [0.2, 0.25) is 0 Å². The molecule has 1 amide bonds. The zero-order valence-electron chi connectivity index (χ0n) is 16.8. The minimum absolute atomic E-state index is 0.325. The third-order valence-electron chi connectivity index (χ3n) is 5.97. The lowest BCUT2D eigenvalue weighted by Gasteiger charge is -2.33. The Morgan fingerprint density at radius 3 is 2.71 bits per heavy atom. The number of rotatable bonds is 5. The van der Waals surface area contributed by atoms with Crippen LogP contribution in [0.25, 0.3) is 0 Å². The van der Waals surface area contributed by atoms with Gasteiger partial charge < -0.3 is 20.3 Å². The summed E-state index contributed by atoms with van der Waals surface area (Å²) < 4.78 is 5.77. The van der Waals surface area contributed by atoms with Gasteiger partial charge in [-0.15, -0.1) is 0 Å². The summed E-state index contributed by atoms with van der Waals surface area (Å²) in [4.78, 5) is 19.2. The zero-order valence-corrected chi connectivity index (χ0v) is 16.8. The molecule has 1 aromatic rings. The molecule has 6 heteroatoms. The van der Waals surface area contributed by atoms with E-state index in [1.54, 1.807) is 0 Å². The summed E-state index contributed by atoms with van der Waals surface area (Å²) >= 11 is 0. The molecule has 0 bridgehead atoms. The van der Waals surface area contributed by atoms with Crippen LogP contribution in [0.1, 0.15) is 50.5 Å². The van der Waals surface area contributed by atoms with Gasteiger partial charge in [-0.05, 0) is 50.7 Å². The Balaban J connectivity index is 1.32. The van der Waals surface area contributed by atoms with Gasteiger partial charge >= 0.3 is 0 Å². The highest BCUT2D eigenvalue weighted by Gasteiger charge is 2.35. The second-order valence-corrected chi connectivity index (χ2v) is 8.11. The number of ether oxygens (including phenoxy) is 1. The third kappa shape index (κ3) is 4.59. The number of amides is 1. The van der Waals surface area contributed by atoms with Crippen LogP contribution in [-0.2, 0) is 4.79 Å². The maximum absolute atomic E-state index is 12.2. The number of hydrogen-bond acceptors (Lipinski definition) is 3. The third-order valence-corrected chi connectivity index (χ3v) is 5.97. The molecule has 1 unspecified atom stereocenters. The van der Waals surface area contributed by atoms with E-state index >= 15 is 0 Å². The number of nitrogens with one attached hydrogen (secondary N) is 2. The van der Waals surface area contributed by atoms with Crippen molar-refractivity contribution in [2.24, 2.45) is 10.9 Å². The van der Waals surface area contributed by atoms with Gasteiger partial charge in [0.1, 0.15) is 5.75 Å². The highest BCUT2D eigenvalue weighted by Crippen LogP contribution is 2.33. The molecule has 1 aromatic carbocycles. The summed E-state index contributed by atoms with van der Waals surface area (Å²) in [5.74, 6) is 2.99. The predicted octanol–water partition coefficient (Wildman–Crippen LogP) is 2.51. The molecule has 2 heterocycles. The maximum Gasteiger partial charge on any atom is 0.225 e. The van der Waals surface area contributed by atoms with E-state index < -0.39 is 0 Å². The molecule has 3 aliphatic rings. The quantitative estimate of drug-likeness (QED) is 0.605. The van der Waals surface area contributed by atoms with Crippen LogP contribution >= 0.6 is 0 Å². The average molecular weight is 385 g/mol. The topological polar surface area (TPSA) is 66.0 Å². The van der Waals surface area contributed by atoms with Gasteiger partial charge in [0.25, 0.3) is 0 Å². The predicted molar refractivity (Wildman–Crippen MR) is 111 cm³/mol. The number of guanidine groups is 1. The first-order chi connectivity index (χ1) is 13.7. The van der Waals surface area contributed by atoms with Crippen LogP contribution < -0.4 is 15.4 Å². The number of likely N-dealkylation sites (tertiary alicyclic amines) is 1. The number of hydrogen-bond donors (Lipinski definition) is 2. The van der Waals surface area contributed by atoms with E-state index in [1.165, 1.54) is 5.56 Å². The van der Waals surface area contributed by atoms with Gasteiger partial charge in [0.05, 0.1) is 6.61 Å². The fourth-order valence-corrected chi connectivity index (χ4v) is 4.15. The van der Waals surface area contributed by atoms with E-state index in [0.29, 0.717) is 23.8 Å². The first kappa shape index (κ1) is 19.1. The smallest absolute Gasteiger partial charge is 0.225 e. The van der Waals surface area contributed by atoms with Crippen molar-refractivity contribution in [3.8, 4) is 5.75 Å². The largest absolute Gasteiger partial charge is 0.493 e. The van der Waals surface area contributed by atoms with Gasteiger partial charge in [0.15, 0.2) is 5.96 Å². The normalized spacial score (nSPS) is 23.0. The first-order valence-corrected chi connectivity index (χ1v) is 10.8. The van der Waals surface area contributed by atoms with E-state index in [2.05, 4.69) is 34.6 Å². The van der Waals surface area contributed by atoms with Gasteiger partial charge in [-0.3, -0.25) is 9.79 Å². The summed E-state index contributed by atoms with van der Waals surface area (Å²) in [5, 5.41) is 6.98. The molecular weight excluding hydrogens is 352 g/mol. The van der Waals surface area contributed by atoms with Gasteiger partial charge in [-0.1, -0.05) is 18.2 Å². The molecule has 28 heavy (non-hydrogen) atoms. The van der Waals surface area contributed by atoms with Crippen molar-refractivity contribution in [2.75, 3.05) is 32.8 Å². The van der Waals surface area contributed by atoms with Crippen LogP contribution in [-0.4, -0.2) is 55.6 Å². The van der Waals surface area contributed by atoms with E-state index in [1.807, 2.05) is 12.1 Å². The number of benzene rings is 1. The molecular formula is C22H32N4O2. The van der Waals surface area contributed by atoms with Crippen LogP contribution in [0.5, 0.6) is 5.75 Å². The van der Waals surface area contributed by atoms with Crippen molar-refractivity contribution in [3.05, 3.63) is 29.8 Å². The summed E-state index contributed by atoms with van der Waals surface area (Å²) in [6, 6.07) is 8.68. The van der Waals surface area contributed by atoms with Crippen molar-refractivity contribution in [2.45, 2.75) is 51.0 Å². The molecule has 2 aliphatic heterocycles. The van der Waals surface area contributed by atoms with Crippen molar-refractivity contribution in [3.63, 3.8) is 0 Å². The minimum Gasteiger partial charge on any atom is -0.493 e. The molecule has 1 aliphatic carbocycles. The Morgan fingerprint density at radius 2 is 1.96 bits per heavy atom. The maximum atomic E-state index is 12.2. The molecule has 0 spiro atoms. The van der Waals surface area contributed by atoms with Crippen molar-refractivity contribution in [1.29, 1.82) is 0 Å². The summed E-state index contributed by atoms with van der Waals surface area (Å²) in [6.07, 6.45) is 5.15. The lowest BCUT2D eigenvalue weighted by atomic mass is 9.93. The number of carbonyl (C=O) groups is 1. The minimum atomic E-state index is 0.325. The summed E-state index contributed by atoms with van der Waals surface area (Å²) in [5.41, 5.74) is 1.26. The van der Waals surface area contributed by atoms with Crippen LogP contribution in [0.3, 0.4) is 0 Å². The van der Waals surface area contributed by atoms with Crippen molar-refractivity contribution >= 4 is 11.9 Å². The molecule has 0 aromatic heterocycles. The van der Waals surface area contributed by atoms with Crippen LogP contribution in [0.4, 0.5) is 0 Å². The Labute approximate surface area is 167 Å². The summed E-state index contributed by atoms with van der Waals surface area (Å²) in [6.45, 7) is 6.18. The number of piperidine rings is 1. The van der Waals surface area contributed by atoms with Crippen LogP contribution in [0, 0.1) is 5.92 Å². The number of carbonyl (C=O) groups excluding carboxylic acids is 1. The standard InChI is InChI=1S/C22H32N4O2/c1-2-23-22(24-15-17-11-14-28-20-6-4-3-5-19(17)20)25-18-9-12-26(13-10-18)21(27)16-7-8-16/h3-6,16-18H,2,7-15H2,1H3,(H2,23,24,25). The van der Waals surface area contributed by atoms with Crippen LogP contribution in [0.15, 0.2) is 29.3 Å². The Bertz CT molecular complexity index is 708. The van der Waals surface area contributed by atoms with Gasteiger partial charge in [0.2, 0.25) is 5.91 Å². The second kappa shape index (κ2) is 8.84. The second-order valence-electron chi connectivity index (χ2n) is 8.11. The Hall–Kier alpha value is -2.24. The van der Waals surface area contributed by atoms with E-state index in [4.69, 9.17) is 9.73 Å². The molecule has 4 rings (SSSR count). The lowest BCUT2D eigenvalue weighted by Crippen LogP contribution is -2.50. The molecule has 2 N–H and O–H groups in total. The molecule has 6 nitrogen and oxygen atoms in total. The average Bonchev–Trinajstić information content (AvgIpc) is 3.57. The van der Waals surface area contributed by atoms with E-state index in [9.17, 15) is 4.79 Å². The highest BCUT2D eigenvalue weighted by atomic mass is 16.5. The van der Waals surface area contributed by atoms with Gasteiger partial charge in [0, 0.05) is 44.1 Å². The fourth-order valence-electron chi connectivity index (χ4n) is 4.15. The number of para-hydroxylation sites is 1. The van der Waals surface area contributed by atoms with E-state index in [0.717, 1.165) is 76.6 Å². The SMILES string of the molecule is CCNC(=NCC1CCOc2ccccc21)NC1CCN(C(=O)C2CC2)CC1. The molecule has 0 radical (unpaired) electrons. The lowest BCUT2D eigenvalue weighted by molar-refractivity contribution is -0.133. The molecule has 152 valence electrons. The molecule has 1 saturated carbocycles.